The van der Waals surface area contributed by atoms with Gasteiger partial charge in [0.1, 0.15) is 5.75 Å². The van der Waals surface area contributed by atoms with Crippen LogP contribution < -0.4 is 4.74 Å². The van der Waals surface area contributed by atoms with E-state index in [2.05, 4.69) is 11.7 Å². The Kier molecular flexibility index (Phi) is 7.99. The van der Waals surface area contributed by atoms with Crippen LogP contribution in [-0.2, 0) is 4.74 Å². The molecule has 1 aromatic rings. The zero-order valence-corrected chi connectivity index (χ0v) is 18.0. The summed E-state index contributed by atoms with van der Waals surface area (Å²) in [6.07, 6.45) is -3.88. The van der Waals surface area contributed by atoms with E-state index in [1.807, 2.05) is 0 Å². The molecule has 0 amide bonds. The van der Waals surface area contributed by atoms with Crippen molar-refractivity contribution in [2.24, 2.45) is 17.8 Å². The van der Waals surface area contributed by atoms with Crippen molar-refractivity contribution in [1.82, 2.24) is 0 Å². The Morgan fingerprint density at radius 2 is 1.28 bits per heavy atom. The monoisotopic (exact) mass is 470 g/mol. The summed E-state index contributed by atoms with van der Waals surface area (Å²) < 4.78 is 107. The largest absolute Gasteiger partial charge is 0.432 e. The zero-order valence-electron chi connectivity index (χ0n) is 18.0. The van der Waals surface area contributed by atoms with Crippen LogP contribution in [0.25, 0.3) is 0 Å². The maximum Gasteiger partial charge on any atom is 0.400 e. The molecular formula is C23H29F7O2. The Hall–Kier alpha value is -1.51. The molecule has 182 valence electrons. The Bertz CT molecular complexity index is 732. The highest BCUT2D eigenvalue weighted by Gasteiger charge is 2.48. The van der Waals surface area contributed by atoms with Crippen molar-refractivity contribution in [1.29, 1.82) is 0 Å². The molecule has 2 fully saturated rings. The molecule has 32 heavy (non-hydrogen) atoms. The van der Waals surface area contributed by atoms with Gasteiger partial charge in [0.2, 0.25) is 0 Å². The number of benzene rings is 1. The van der Waals surface area contributed by atoms with E-state index >= 15 is 0 Å². The van der Waals surface area contributed by atoms with Crippen molar-refractivity contribution in [3.05, 3.63) is 29.6 Å². The number of ether oxygens (including phenoxy) is 2. The van der Waals surface area contributed by atoms with Crippen LogP contribution in [0.4, 0.5) is 30.7 Å². The first-order chi connectivity index (χ1) is 15.0. The van der Waals surface area contributed by atoms with Crippen LogP contribution in [-0.4, -0.2) is 18.3 Å². The lowest BCUT2D eigenvalue weighted by Gasteiger charge is -2.38. The van der Waals surface area contributed by atoms with Crippen LogP contribution in [0.5, 0.6) is 5.75 Å². The zero-order chi connectivity index (χ0) is 23.5. The molecule has 9 heteroatoms. The van der Waals surface area contributed by atoms with Crippen molar-refractivity contribution >= 4 is 0 Å². The van der Waals surface area contributed by atoms with Gasteiger partial charge >= 0.3 is 12.2 Å². The number of rotatable bonds is 8. The molecule has 0 saturated heterocycles. The van der Waals surface area contributed by atoms with Crippen LogP contribution in [0.2, 0.25) is 0 Å². The molecule has 0 heterocycles. The lowest BCUT2D eigenvalue weighted by Crippen LogP contribution is -2.42. The molecule has 2 aliphatic carbocycles. The summed E-state index contributed by atoms with van der Waals surface area (Å²) in [5.41, 5.74) is 0. The van der Waals surface area contributed by atoms with E-state index < -0.39 is 53.4 Å². The summed E-state index contributed by atoms with van der Waals surface area (Å²) in [7, 11) is 0. The van der Waals surface area contributed by atoms with E-state index in [4.69, 9.17) is 4.74 Å². The molecule has 1 aromatic carbocycles. The van der Waals surface area contributed by atoms with E-state index in [1.165, 1.54) is 0 Å². The summed E-state index contributed by atoms with van der Waals surface area (Å²) in [4.78, 5) is 0. The lowest BCUT2D eigenvalue weighted by molar-refractivity contribution is -0.306. The summed E-state index contributed by atoms with van der Waals surface area (Å²) in [5.74, 6) is -7.61. The van der Waals surface area contributed by atoms with Gasteiger partial charge < -0.3 is 9.47 Å². The Morgan fingerprint density at radius 1 is 0.781 bits per heavy atom. The molecule has 0 aliphatic heterocycles. The van der Waals surface area contributed by atoms with Gasteiger partial charge in [0.15, 0.2) is 17.5 Å². The van der Waals surface area contributed by atoms with Gasteiger partial charge in [-0.05, 0) is 57.3 Å². The first-order valence-corrected chi connectivity index (χ1v) is 11.3. The summed E-state index contributed by atoms with van der Waals surface area (Å²) in [5, 5.41) is 0. The average molecular weight is 470 g/mol. The van der Waals surface area contributed by atoms with Gasteiger partial charge in [-0.1, -0.05) is 19.8 Å². The molecule has 0 radical (unpaired) electrons. The molecule has 2 nitrogen and oxygen atoms in total. The van der Waals surface area contributed by atoms with Crippen LogP contribution in [0.3, 0.4) is 0 Å². The topological polar surface area (TPSA) is 18.5 Å². The van der Waals surface area contributed by atoms with Crippen molar-refractivity contribution in [2.75, 3.05) is 0 Å². The maximum absolute atomic E-state index is 14.6. The minimum Gasteiger partial charge on any atom is -0.432 e. The molecule has 0 spiro atoms. The molecular weight excluding hydrogens is 441 g/mol. The van der Waals surface area contributed by atoms with Crippen LogP contribution in [0.1, 0.15) is 71.1 Å². The first kappa shape index (κ1) is 25.1. The lowest BCUT2D eigenvalue weighted by atomic mass is 9.79. The third kappa shape index (κ3) is 6.08. The van der Waals surface area contributed by atoms with Crippen LogP contribution in [0.15, 0.2) is 12.1 Å². The Labute approximate surface area is 183 Å². The van der Waals surface area contributed by atoms with Gasteiger partial charge in [-0.25, -0.2) is 13.2 Å². The van der Waals surface area contributed by atoms with Crippen molar-refractivity contribution < 1.29 is 40.2 Å². The van der Waals surface area contributed by atoms with E-state index in [-0.39, 0.29) is 25.7 Å². The van der Waals surface area contributed by atoms with Crippen LogP contribution in [0, 0.1) is 35.2 Å². The first-order valence-electron chi connectivity index (χ1n) is 11.3. The predicted octanol–water partition coefficient (Wildman–Crippen LogP) is 7.85. The second-order valence-corrected chi connectivity index (χ2v) is 9.02. The second kappa shape index (κ2) is 10.2. The number of alkyl halides is 4. The summed E-state index contributed by atoms with van der Waals surface area (Å²) >= 11 is 0. The molecule has 0 bridgehead atoms. The molecule has 0 atom stereocenters. The number of hydrogen-bond donors (Lipinski definition) is 0. The smallest absolute Gasteiger partial charge is 0.400 e. The Balaban J connectivity index is 1.51. The predicted molar refractivity (Wildman–Crippen MR) is 104 cm³/mol. The van der Waals surface area contributed by atoms with E-state index in [0.717, 1.165) is 25.7 Å². The quantitative estimate of drug-likeness (QED) is 0.285. The molecule has 0 aromatic heterocycles. The highest BCUT2D eigenvalue weighted by Crippen LogP contribution is 2.44. The van der Waals surface area contributed by atoms with Gasteiger partial charge in [0.25, 0.3) is 0 Å². The third-order valence-corrected chi connectivity index (χ3v) is 6.70. The normalized spacial score (nSPS) is 27.4. The van der Waals surface area contributed by atoms with Crippen LogP contribution >= 0.6 is 0 Å². The SMILES string of the molecule is CCCC1CCC(C(F)(F)OC2CCC(C(F)(F)Oc3cc(F)c(F)c(F)c3)CC2)CC1. The Morgan fingerprint density at radius 3 is 1.81 bits per heavy atom. The van der Waals surface area contributed by atoms with Gasteiger partial charge in [0, 0.05) is 12.1 Å². The standard InChI is InChI=1S/C23H29F7O2/c1-2-3-14-4-6-15(7-5-14)22(27,28)31-17-10-8-16(9-11-17)23(29,30)32-18-12-19(24)21(26)20(25)13-18/h12-17H,2-11H2,1H3. The third-order valence-electron chi connectivity index (χ3n) is 6.70. The van der Waals surface area contributed by atoms with E-state index in [0.29, 0.717) is 30.9 Å². The fourth-order valence-electron chi connectivity index (χ4n) is 4.86. The number of halogens is 7. The van der Waals surface area contributed by atoms with Gasteiger partial charge in [-0.15, -0.1) is 0 Å². The molecule has 2 saturated carbocycles. The minimum atomic E-state index is -3.79. The second-order valence-electron chi connectivity index (χ2n) is 9.02. The molecule has 0 unspecified atom stereocenters. The summed E-state index contributed by atoms with van der Waals surface area (Å²) in [6.45, 7) is 2.07. The highest BCUT2D eigenvalue weighted by molar-refractivity contribution is 5.25. The fraction of sp³-hybridized carbons (Fsp3) is 0.739. The van der Waals surface area contributed by atoms with Gasteiger partial charge in [0.05, 0.1) is 17.9 Å². The summed E-state index contributed by atoms with van der Waals surface area (Å²) in [6, 6.07) is 0.688. The van der Waals surface area contributed by atoms with E-state index in [9.17, 15) is 30.7 Å². The minimum absolute atomic E-state index is 0.00345. The maximum atomic E-state index is 14.6. The molecule has 0 N–H and O–H groups in total. The van der Waals surface area contributed by atoms with E-state index in [1.54, 1.807) is 0 Å². The van der Waals surface area contributed by atoms with Crippen molar-refractivity contribution in [3.8, 4) is 5.75 Å². The van der Waals surface area contributed by atoms with Crippen molar-refractivity contribution in [2.45, 2.75) is 89.5 Å². The number of hydrogen-bond acceptors (Lipinski definition) is 2. The van der Waals surface area contributed by atoms with Gasteiger partial charge in [-0.2, -0.15) is 17.6 Å². The molecule has 3 rings (SSSR count). The molecule has 2 aliphatic rings. The average Bonchev–Trinajstić information content (AvgIpc) is 2.72. The van der Waals surface area contributed by atoms with Crippen molar-refractivity contribution in [3.63, 3.8) is 0 Å². The van der Waals surface area contributed by atoms with Gasteiger partial charge in [-0.3, -0.25) is 0 Å². The fourth-order valence-corrected chi connectivity index (χ4v) is 4.86. The highest BCUT2D eigenvalue weighted by atomic mass is 19.3.